The Morgan fingerprint density at radius 3 is 2.69 bits per heavy atom. The molecule has 0 aliphatic heterocycles. The highest BCUT2D eigenvalue weighted by Gasteiger charge is 2.16. The Labute approximate surface area is 94.7 Å². The molecule has 2 unspecified atom stereocenters. The number of Topliss-reactive ketones (excluding diaryl/α,β-unsaturated/α-hetero) is 1. The maximum absolute atomic E-state index is 11.0. The van der Waals surface area contributed by atoms with Crippen LogP contribution in [0.15, 0.2) is 24.3 Å². The standard InChI is InChI=1S/C12H17NO3/c1-8(14)5-9-3-2-4-10(6-9)12(16)11(15)7-13/h2-4,6,11-12,15-16H,5,7,13H2,1H3. The van der Waals surface area contributed by atoms with Crippen LogP contribution in [0.1, 0.15) is 24.2 Å². The van der Waals surface area contributed by atoms with Gasteiger partial charge in [0.05, 0.1) is 6.10 Å². The normalized spacial score (nSPS) is 14.5. The second kappa shape index (κ2) is 5.75. The first-order chi connectivity index (χ1) is 7.54. The maximum Gasteiger partial charge on any atom is 0.134 e. The Kier molecular flexibility index (Phi) is 4.61. The van der Waals surface area contributed by atoms with Gasteiger partial charge in [0.1, 0.15) is 11.9 Å². The largest absolute Gasteiger partial charge is 0.389 e. The summed E-state index contributed by atoms with van der Waals surface area (Å²) < 4.78 is 0. The summed E-state index contributed by atoms with van der Waals surface area (Å²) in [5.74, 6) is 0.0611. The summed E-state index contributed by atoms with van der Waals surface area (Å²) >= 11 is 0. The van der Waals surface area contributed by atoms with Crippen molar-refractivity contribution in [3.63, 3.8) is 0 Å². The van der Waals surface area contributed by atoms with E-state index in [1.165, 1.54) is 6.92 Å². The average Bonchev–Trinajstić information content (AvgIpc) is 2.26. The first-order valence-electron chi connectivity index (χ1n) is 5.19. The zero-order valence-electron chi connectivity index (χ0n) is 9.26. The Hall–Kier alpha value is -1.23. The minimum Gasteiger partial charge on any atom is -0.389 e. The van der Waals surface area contributed by atoms with Crippen molar-refractivity contribution in [1.82, 2.24) is 0 Å². The van der Waals surface area contributed by atoms with Crippen LogP contribution >= 0.6 is 0 Å². The van der Waals surface area contributed by atoms with Gasteiger partial charge >= 0.3 is 0 Å². The molecule has 16 heavy (non-hydrogen) atoms. The number of carbonyl (C=O) groups is 1. The lowest BCUT2D eigenvalue weighted by atomic mass is 10.00. The van der Waals surface area contributed by atoms with Crippen molar-refractivity contribution in [3.05, 3.63) is 35.4 Å². The van der Waals surface area contributed by atoms with Gasteiger partial charge in [-0.3, -0.25) is 4.79 Å². The summed E-state index contributed by atoms with van der Waals surface area (Å²) in [6, 6.07) is 6.98. The number of benzene rings is 1. The van der Waals surface area contributed by atoms with Crippen LogP contribution in [-0.2, 0) is 11.2 Å². The van der Waals surface area contributed by atoms with E-state index < -0.39 is 12.2 Å². The number of hydrogen-bond acceptors (Lipinski definition) is 4. The minimum absolute atomic E-state index is 0.00188. The average molecular weight is 223 g/mol. The van der Waals surface area contributed by atoms with Gasteiger partial charge in [0.15, 0.2) is 0 Å². The SMILES string of the molecule is CC(=O)Cc1cccc(C(O)C(O)CN)c1. The van der Waals surface area contributed by atoms with Crippen molar-refractivity contribution >= 4 is 5.78 Å². The van der Waals surface area contributed by atoms with Gasteiger partial charge < -0.3 is 15.9 Å². The number of aliphatic hydroxyl groups is 2. The van der Waals surface area contributed by atoms with E-state index in [1.807, 2.05) is 6.07 Å². The highest BCUT2D eigenvalue weighted by Crippen LogP contribution is 2.18. The molecule has 0 aliphatic carbocycles. The monoisotopic (exact) mass is 223 g/mol. The molecule has 0 fully saturated rings. The fraction of sp³-hybridized carbons (Fsp3) is 0.417. The minimum atomic E-state index is -1.00. The summed E-state index contributed by atoms with van der Waals surface area (Å²) in [7, 11) is 0. The lowest BCUT2D eigenvalue weighted by Gasteiger charge is -2.16. The summed E-state index contributed by atoms with van der Waals surface area (Å²) in [5.41, 5.74) is 6.67. The second-order valence-electron chi connectivity index (χ2n) is 3.87. The fourth-order valence-corrected chi connectivity index (χ4v) is 1.53. The Balaban J connectivity index is 2.85. The zero-order chi connectivity index (χ0) is 12.1. The third kappa shape index (κ3) is 3.41. The van der Waals surface area contributed by atoms with E-state index >= 15 is 0 Å². The molecule has 0 aliphatic rings. The van der Waals surface area contributed by atoms with Crippen molar-refractivity contribution in [1.29, 1.82) is 0 Å². The third-order valence-electron chi connectivity index (χ3n) is 2.35. The Bertz CT molecular complexity index is 365. The van der Waals surface area contributed by atoms with E-state index in [-0.39, 0.29) is 12.3 Å². The van der Waals surface area contributed by atoms with Gasteiger partial charge in [0, 0.05) is 13.0 Å². The highest BCUT2D eigenvalue weighted by atomic mass is 16.3. The van der Waals surface area contributed by atoms with Gasteiger partial charge in [-0.15, -0.1) is 0 Å². The lowest BCUT2D eigenvalue weighted by Crippen LogP contribution is -2.27. The molecule has 0 saturated carbocycles. The number of carbonyl (C=O) groups excluding carboxylic acids is 1. The van der Waals surface area contributed by atoms with Gasteiger partial charge in [0.2, 0.25) is 0 Å². The van der Waals surface area contributed by atoms with Crippen molar-refractivity contribution in [3.8, 4) is 0 Å². The Morgan fingerprint density at radius 1 is 1.44 bits per heavy atom. The predicted molar refractivity (Wildman–Crippen MR) is 60.8 cm³/mol. The van der Waals surface area contributed by atoms with Crippen LogP contribution in [-0.4, -0.2) is 28.6 Å². The summed E-state index contributed by atoms with van der Waals surface area (Å²) in [4.78, 5) is 11.0. The summed E-state index contributed by atoms with van der Waals surface area (Å²) in [5, 5.41) is 19.1. The fourth-order valence-electron chi connectivity index (χ4n) is 1.53. The number of aliphatic hydroxyl groups excluding tert-OH is 2. The highest BCUT2D eigenvalue weighted by molar-refractivity contribution is 5.78. The molecule has 0 aromatic heterocycles. The van der Waals surface area contributed by atoms with Crippen LogP contribution in [0.25, 0.3) is 0 Å². The molecular formula is C12H17NO3. The molecule has 0 spiro atoms. The molecule has 4 N–H and O–H groups in total. The van der Waals surface area contributed by atoms with Crippen molar-refractivity contribution < 1.29 is 15.0 Å². The summed E-state index contributed by atoms with van der Waals surface area (Å²) in [6.07, 6.45) is -1.65. The number of hydrogen-bond donors (Lipinski definition) is 3. The maximum atomic E-state index is 11.0. The van der Waals surface area contributed by atoms with Gasteiger partial charge in [-0.05, 0) is 18.1 Å². The van der Waals surface area contributed by atoms with Crippen LogP contribution in [0.2, 0.25) is 0 Å². The predicted octanol–water partition coefficient (Wildman–Crippen LogP) is 0.171. The van der Waals surface area contributed by atoms with Crippen molar-refractivity contribution in [2.24, 2.45) is 5.73 Å². The van der Waals surface area contributed by atoms with Gasteiger partial charge in [-0.1, -0.05) is 24.3 Å². The molecule has 1 aromatic carbocycles. The van der Waals surface area contributed by atoms with Crippen LogP contribution in [0.5, 0.6) is 0 Å². The smallest absolute Gasteiger partial charge is 0.134 e. The zero-order valence-corrected chi connectivity index (χ0v) is 9.26. The molecule has 1 rings (SSSR count). The molecule has 88 valence electrons. The molecule has 4 heteroatoms. The van der Waals surface area contributed by atoms with Crippen LogP contribution in [0, 0.1) is 0 Å². The molecule has 0 heterocycles. The van der Waals surface area contributed by atoms with Crippen molar-refractivity contribution in [2.75, 3.05) is 6.54 Å². The first kappa shape index (κ1) is 12.8. The van der Waals surface area contributed by atoms with Gasteiger partial charge in [0.25, 0.3) is 0 Å². The molecular weight excluding hydrogens is 206 g/mol. The van der Waals surface area contributed by atoms with E-state index in [9.17, 15) is 15.0 Å². The number of rotatable bonds is 5. The van der Waals surface area contributed by atoms with E-state index in [2.05, 4.69) is 0 Å². The lowest BCUT2D eigenvalue weighted by molar-refractivity contribution is -0.116. The van der Waals surface area contributed by atoms with E-state index in [1.54, 1.807) is 18.2 Å². The molecule has 1 aromatic rings. The van der Waals surface area contributed by atoms with Crippen LogP contribution < -0.4 is 5.73 Å². The van der Waals surface area contributed by atoms with E-state index in [0.29, 0.717) is 12.0 Å². The van der Waals surface area contributed by atoms with E-state index in [4.69, 9.17) is 5.73 Å². The Morgan fingerprint density at radius 2 is 2.12 bits per heavy atom. The number of nitrogens with two attached hydrogens (primary N) is 1. The first-order valence-corrected chi connectivity index (χ1v) is 5.19. The molecule has 0 amide bonds. The number of ketones is 1. The van der Waals surface area contributed by atoms with Crippen LogP contribution in [0.3, 0.4) is 0 Å². The second-order valence-corrected chi connectivity index (χ2v) is 3.87. The third-order valence-corrected chi connectivity index (χ3v) is 2.35. The molecule has 0 radical (unpaired) electrons. The quantitative estimate of drug-likeness (QED) is 0.664. The molecule has 4 nitrogen and oxygen atoms in total. The molecule has 2 atom stereocenters. The van der Waals surface area contributed by atoms with Gasteiger partial charge in [-0.25, -0.2) is 0 Å². The molecule has 0 bridgehead atoms. The topological polar surface area (TPSA) is 83.5 Å². The van der Waals surface area contributed by atoms with Crippen molar-refractivity contribution in [2.45, 2.75) is 25.6 Å². The summed E-state index contributed by atoms with van der Waals surface area (Å²) in [6.45, 7) is 1.51. The van der Waals surface area contributed by atoms with Gasteiger partial charge in [-0.2, -0.15) is 0 Å². The molecule has 0 saturated heterocycles. The van der Waals surface area contributed by atoms with Crippen LogP contribution in [0.4, 0.5) is 0 Å². The van der Waals surface area contributed by atoms with E-state index in [0.717, 1.165) is 5.56 Å².